The largest absolute Gasteiger partial charge is 0.393 e. The van der Waals surface area contributed by atoms with E-state index in [1.165, 1.54) is 45.1 Å². The highest BCUT2D eigenvalue weighted by Gasteiger charge is 2.46. The highest BCUT2D eigenvalue weighted by Crippen LogP contribution is 2.43. The summed E-state index contributed by atoms with van der Waals surface area (Å²) in [6.07, 6.45) is 9.15. The molecule has 1 amide bonds. The van der Waals surface area contributed by atoms with E-state index in [0.717, 1.165) is 61.2 Å². The molecule has 3 saturated heterocycles. The van der Waals surface area contributed by atoms with E-state index in [0.29, 0.717) is 41.5 Å². The van der Waals surface area contributed by atoms with Crippen molar-refractivity contribution >= 4 is 28.6 Å². The molecule has 8 rings (SSSR count). The summed E-state index contributed by atoms with van der Waals surface area (Å²) in [6, 6.07) is 8.58. The summed E-state index contributed by atoms with van der Waals surface area (Å²) in [6.45, 7) is 10.6. The number of aliphatic hydroxyl groups is 1. The Bertz CT molecular complexity index is 1890. The van der Waals surface area contributed by atoms with Gasteiger partial charge in [-0.25, -0.2) is 14.4 Å². The minimum absolute atomic E-state index is 0.0515. The normalized spacial score (nSPS) is 23.4. The minimum atomic E-state index is -0.682. The van der Waals surface area contributed by atoms with Crippen molar-refractivity contribution < 1.29 is 14.3 Å². The number of nitrogens with zero attached hydrogens (tertiary/aromatic N) is 8. The second-order valence-electron chi connectivity index (χ2n) is 15.6. The topological polar surface area (TPSA) is 108 Å². The summed E-state index contributed by atoms with van der Waals surface area (Å²) in [4.78, 5) is 30.9. The highest BCUT2D eigenvalue weighted by molar-refractivity contribution is 6.05. The lowest BCUT2D eigenvalue weighted by atomic mass is 9.71. The molecule has 0 unspecified atom stereocenters. The van der Waals surface area contributed by atoms with Crippen molar-refractivity contribution in [3.05, 3.63) is 53.2 Å². The van der Waals surface area contributed by atoms with Gasteiger partial charge in [-0.15, -0.1) is 0 Å². The van der Waals surface area contributed by atoms with Gasteiger partial charge in [0.05, 0.1) is 28.9 Å². The van der Waals surface area contributed by atoms with Gasteiger partial charge in [-0.05, 0) is 115 Å². The number of aryl methyl sites for hydroxylation is 2. The van der Waals surface area contributed by atoms with E-state index in [2.05, 4.69) is 53.8 Å². The summed E-state index contributed by atoms with van der Waals surface area (Å²) in [5.74, 6) is -0.854. The molecular weight excluding hydrogens is 633 g/mol. The summed E-state index contributed by atoms with van der Waals surface area (Å²) in [7, 11) is 4.03. The number of pyridine rings is 1. The maximum atomic E-state index is 16.0. The van der Waals surface area contributed by atoms with Gasteiger partial charge >= 0.3 is 0 Å². The van der Waals surface area contributed by atoms with Gasteiger partial charge in [-0.2, -0.15) is 5.10 Å². The van der Waals surface area contributed by atoms with Gasteiger partial charge in [0, 0.05) is 67.9 Å². The Morgan fingerprint density at radius 2 is 1.66 bits per heavy atom. The maximum Gasteiger partial charge on any atom is 0.261 e. The third-order valence-electron chi connectivity index (χ3n) is 12.2. The molecule has 12 heteroatoms. The quantitative estimate of drug-likeness (QED) is 0.282. The fourth-order valence-electron chi connectivity index (χ4n) is 8.93. The first-order valence-electron chi connectivity index (χ1n) is 18.4. The number of benzene rings is 1. The number of aromatic nitrogens is 5. The first-order valence-corrected chi connectivity index (χ1v) is 18.4. The van der Waals surface area contributed by atoms with Crippen molar-refractivity contribution in [2.45, 2.75) is 83.4 Å². The van der Waals surface area contributed by atoms with Gasteiger partial charge < -0.3 is 19.5 Å². The lowest BCUT2D eigenvalue weighted by Gasteiger charge is -2.57. The van der Waals surface area contributed by atoms with Crippen LogP contribution in [0.3, 0.4) is 0 Å². The smallest absolute Gasteiger partial charge is 0.261 e. The third kappa shape index (κ3) is 6.09. The molecule has 50 heavy (non-hydrogen) atoms. The number of halogens is 1. The number of rotatable bonds is 6. The number of nitrogens with one attached hydrogen (secondary N) is 1. The summed E-state index contributed by atoms with van der Waals surface area (Å²) < 4.78 is 19.8. The van der Waals surface area contributed by atoms with E-state index in [4.69, 9.17) is 4.98 Å². The van der Waals surface area contributed by atoms with Gasteiger partial charge in [-0.1, -0.05) is 0 Å². The molecular formula is C38H50FN9O2. The predicted molar refractivity (Wildman–Crippen MR) is 193 cm³/mol. The molecule has 0 bridgehead atoms. The van der Waals surface area contributed by atoms with Crippen LogP contribution in [0.4, 0.5) is 16.0 Å². The highest BCUT2D eigenvalue weighted by atomic mass is 19.1. The average Bonchev–Trinajstić information content (AvgIpc) is 3.63. The Labute approximate surface area is 293 Å². The number of hydrogen-bond donors (Lipinski definition) is 2. The molecule has 4 fully saturated rings. The molecule has 4 aromatic rings. The summed E-state index contributed by atoms with van der Waals surface area (Å²) in [5, 5.41) is 17.6. The molecule has 4 aliphatic rings. The lowest BCUT2D eigenvalue weighted by Crippen LogP contribution is -2.63. The molecule has 2 N–H and O–H groups in total. The number of likely N-dealkylation sites (tertiary alicyclic amines) is 2. The Balaban J connectivity index is 1.04. The number of carbonyl (C=O) groups excluding carboxylic acids is 1. The molecule has 1 aromatic carbocycles. The van der Waals surface area contributed by atoms with Gasteiger partial charge in [0.25, 0.3) is 5.91 Å². The van der Waals surface area contributed by atoms with Crippen molar-refractivity contribution in [3.8, 4) is 11.3 Å². The van der Waals surface area contributed by atoms with Crippen LogP contribution in [0.2, 0.25) is 0 Å². The van der Waals surface area contributed by atoms with Crippen LogP contribution >= 0.6 is 0 Å². The van der Waals surface area contributed by atoms with E-state index >= 15 is 4.39 Å². The maximum absolute atomic E-state index is 16.0. The number of aliphatic hydroxyl groups excluding tert-OH is 1. The first-order chi connectivity index (χ1) is 24.1. The van der Waals surface area contributed by atoms with Crippen LogP contribution in [-0.2, 0) is 7.05 Å². The van der Waals surface area contributed by atoms with Crippen molar-refractivity contribution in [1.82, 2.24) is 34.1 Å². The fourth-order valence-corrected chi connectivity index (χ4v) is 8.93. The van der Waals surface area contributed by atoms with Gasteiger partial charge in [0.15, 0.2) is 5.82 Å². The summed E-state index contributed by atoms with van der Waals surface area (Å²) >= 11 is 0. The standard InChI is InChI=1S/C38H50FN9O2/c1-24-19-30(34(39)35(41-24)31-21-40-45(4)25(31)2)36(50)43-37-42-32-10-7-28(20-33(32)48(37)27-5-8-29(49)9-6-27)46-15-11-26(12-16-46)47-22-38(23-47)13-17-44(3)18-14-38/h7,10,19-21,26-27,29,49H,5-6,8-9,11-18,22-23H2,1-4H3,(H,42,43,50). The Kier molecular flexibility index (Phi) is 8.67. The number of imidazole rings is 1. The SMILES string of the molecule is Cc1cc(C(=O)Nc2nc3ccc(N4CCC(N5CC6(CCN(C)CC6)C5)CC4)cc3n2C2CCC(O)CC2)c(F)c(-c2cnn(C)c2C)n1. The second kappa shape index (κ2) is 13.0. The molecule has 6 heterocycles. The van der Waals surface area contributed by atoms with Crippen molar-refractivity contribution in [3.63, 3.8) is 0 Å². The van der Waals surface area contributed by atoms with Crippen LogP contribution in [0.5, 0.6) is 0 Å². The average molecular weight is 684 g/mol. The molecule has 0 radical (unpaired) electrons. The van der Waals surface area contributed by atoms with E-state index < -0.39 is 11.7 Å². The molecule has 1 aliphatic carbocycles. The van der Waals surface area contributed by atoms with Crippen molar-refractivity contribution in [2.24, 2.45) is 12.5 Å². The number of fused-ring (bicyclic) bond motifs is 1. The zero-order valence-electron chi connectivity index (χ0n) is 29.8. The van der Waals surface area contributed by atoms with Crippen molar-refractivity contribution in [1.29, 1.82) is 0 Å². The lowest BCUT2D eigenvalue weighted by molar-refractivity contribution is -0.0704. The van der Waals surface area contributed by atoms with E-state index in [1.54, 1.807) is 24.9 Å². The molecule has 266 valence electrons. The van der Waals surface area contributed by atoms with Gasteiger partial charge in [0.2, 0.25) is 5.95 Å². The molecule has 1 spiro atoms. The number of piperidine rings is 2. The fraction of sp³-hybridized carbons (Fsp3) is 0.579. The Morgan fingerprint density at radius 3 is 2.34 bits per heavy atom. The molecule has 11 nitrogen and oxygen atoms in total. The Hall–Kier alpha value is -3.87. The third-order valence-corrected chi connectivity index (χ3v) is 12.2. The van der Waals surface area contributed by atoms with Crippen LogP contribution in [-0.4, -0.2) is 104 Å². The number of amides is 1. The van der Waals surface area contributed by atoms with Gasteiger partial charge in [0.1, 0.15) is 5.69 Å². The summed E-state index contributed by atoms with van der Waals surface area (Å²) in [5.41, 5.74) is 5.33. The van der Waals surface area contributed by atoms with E-state index in [9.17, 15) is 9.90 Å². The Morgan fingerprint density at radius 1 is 0.940 bits per heavy atom. The van der Waals surface area contributed by atoms with Crippen molar-refractivity contribution in [2.75, 3.05) is 56.5 Å². The number of carbonyl (C=O) groups is 1. The van der Waals surface area contributed by atoms with Crippen LogP contribution in [0.15, 0.2) is 30.5 Å². The van der Waals surface area contributed by atoms with Gasteiger partial charge in [-0.3, -0.25) is 19.7 Å². The predicted octanol–water partition coefficient (Wildman–Crippen LogP) is 5.31. The zero-order chi connectivity index (χ0) is 34.7. The van der Waals surface area contributed by atoms with Crippen LogP contribution in [0.1, 0.15) is 79.2 Å². The molecule has 1 saturated carbocycles. The molecule has 0 atom stereocenters. The molecule has 3 aliphatic heterocycles. The first kappa shape index (κ1) is 33.3. The second-order valence-corrected chi connectivity index (χ2v) is 15.6. The number of hydrogen-bond acceptors (Lipinski definition) is 8. The zero-order valence-corrected chi connectivity index (χ0v) is 29.8. The number of anilines is 2. The molecule has 3 aromatic heterocycles. The van der Waals surface area contributed by atoms with Crippen LogP contribution < -0.4 is 10.2 Å². The monoisotopic (exact) mass is 683 g/mol. The van der Waals surface area contributed by atoms with E-state index in [-0.39, 0.29) is 23.4 Å². The van der Waals surface area contributed by atoms with E-state index in [1.807, 2.05) is 13.0 Å². The van der Waals surface area contributed by atoms with Crippen LogP contribution in [0, 0.1) is 25.1 Å². The van der Waals surface area contributed by atoms with Crippen LogP contribution in [0.25, 0.3) is 22.3 Å². The minimum Gasteiger partial charge on any atom is -0.393 e.